The second kappa shape index (κ2) is 6.57. The molecule has 0 aromatic heterocycles. The van der Waals surface area contributed by atoms with Gasteiger partial charge in [0.05, 0.1) is 11.1 Å². The molecule has 0 radical (unpaired) electrons. The Morgan fingerprint density at radius 2 is 1.62 bits per heavy atom. The molecule has 3 aromatic rings. The molecule has 0 fully saturated rings. The van der Waals surface area contributed by atoms with Gasteiger partial charge in [0, 0.05) is 17.7 Å². The van der Waals surface area contributed by atoms with Gasteiger partial charge in [-0.25, -0.2) is 8.42 Å². The summed E-state index contributed by atoms with van der Waals surface area (Å²) in [7, 11) is -4.27. The molecule has 0 bridgehead atoms. The van der Waals surface area contributed by atoms with Crippen molar-refractivity contribution in [1.82, 2.24) is 0 Å². The van der Waals surface area contributed by atoms with Gasteiger partial charge < -0.3 is 4.55 Å². The molecule has 24 heavy (non-hydrogen) atoms. The fourth-order valence-electron chi connectivity index (χ4n) is 2.60. The predicted molar refractivity (Wildman–Crippen MR) is 93.7 cm³/mol. The minimum atomic E-state index is -4.27. The summed E-state index contributed by atoms with van der Waals surface area (Å²) in [6.45, 7) is 1.82. The molecule has 1 heterocycles. The van der Waals surface area contributed by atoms with Crippen molar-refractivity contribution in [2.45, 2.75) is 11.8 Å². The van der Waals surface area contributed by atoms with E-state index in [-0.39, 0.29) is 4.90 Å². The molecule has 0 saturated heterocycles. The van der Waals surface area contributed by atoms with Crippen LogP contribution >= 0.6 is 0 Å². The Morgan fingerprint density at radius 1 is 0.917 bits per heavy atom. The van der Waals surface area contributed by atoms with Crippen LogP contribution in [0, 0.1) is 6.92 Å². The highest BCUT2D eigenvalue weighted by atomic mass is 32.2. The highest BCUT2D eigenvalue weighted by molar-refractivity contribution is 7.85. The number of quaternary nitrogens is 1. The first-order chi connectivity index (χ1) is 11.4. The molecule has 122 valence electrons. The van der Waals surface area contributed by atoms with E-state index >= 15 is 0 Å². The molecule has 0 atom stereocenters. The van der Waals surface area contributed by atoms with Crippen molar-refractivity contribution >= 4 is 32.7 Å². The van der Waals surface area contributed by atoms with Gasteiger partial charge in [-0.15, -0.1) is 0 Å². The average Bonchev–Trinajstić information content (AvgIpc) is 3.04. The molecule has 4 nitrogen and oxygen atoms in total. The minimum Gasteiger partial charge on any atom is -0.744 e. The molecule has 2 N–H and O–H groups in total. The maximum atomic E-state index is 10.4. The third kappa shape index (κ3) is 3.54. The van der Waals surface area contributed by atoms with Gasteiger partial charge >= 0.3 is 0 Å². The molecule has 5 heteroatoms. The Morgan fingerprint density at radius 3 is 2.33 bits per heavy atom. The third-order valence-electron chi connectivity index (χ3n) is 3.85. The van der Waals surface area contributed by atoms with Crippen molar-refractivity contribution in [2.75, 3.05) is 0 Å². The third-order valence-corrected chi connectivity index (χ3v) is 4.70. The van der Waals surface area contributed by atoms with Gasteiger partial charge in [-0.2, -0.15) is 0 Å². The lowest BCUT2D eigenvalue weighted by molar-refractivity contribution is -0.491. The maximum absolute atomic E-state index is 10.4. The van der Waals surface area contributed by atoms with E-state index in [9.17, 15) is 13.0 Å². The van der Waals surface area contributed by atoms with Gasteiger partial charge in [-0.1, -0.05) is 42.0 Å². The quantitative estimate of drug-likeness (QED) is 0.547. The minimum absolute atomic E-state index is 0.178. The zero-order valence-electron chi connectivity index (χ0n) is 13.1. The van der Waals surface area contributed by atoms with Gasteiger partial charge in [0.25, 0.3) is 0 Å². The van der Waals surface area contributed by atoms with Crippen LogP contribution in [-0.2, 0) is 10.1 Å². The van der Waals surface area contributed by atoms with E-state index in [1.807, 2.05) is 6.92 Å². The summed E-state index contributed by atoms with van der Waals surface area (Å²) in [4.78, 5) is -0.178. The number of aryl methyl sites for hydroxylation is 1. The average molecular weight is 339 g/mol. The number of hydrogen-bond donors (Lipinski definition) is 1. The maximum Gasteiger partial charge on any atom is 0.142 e. The summed E-state index contributed by atoms with van der Waals surface area (Å²) in [6.07, 6.45) is 4.29. The van der Waals surface area contributed by atoms with Crippen molar-refractivity contribution in [1.29, 1.82) is 0 Å². The lowest BCUT2D eigenvalue weighted by atomic mass is 10.0. The SMILES string of the molecule is C1=Cc2c(ccc3ccccc23)[NH2+]1.Cc1ccc(S(=O)(=O)[O-])cc1. The summed E-state index contributed by atoms with van der Waals surface area (Å²) in [6, 6.07) is 18.6. The highest BCUT2D eigenvalue weighted by Crippen LogP contribution is 2.26. The summed E-state index contributed by atoms with van der Waals surface area (Å²) < 4.78 is 31.2. The lowest BCUT2D eigenvalue weighted by Gasteiger charge is -2.05. The molecule has 4 rings (SSSR count). The van der Waals surface area contributed by atoms with Crippen molar-refractivity contribution < 1.29 is 18.3 Å². The van der Waals surface area contributed by atoms with Crippen LogP contribution in [-0.4, -0.2) is 13.0 Å². The Hall–Kier alpha value is -2.47. The van der Waals surface area contributed by atoms with Crippen molar-refractivity contribution in [2.24, 2.45) is 0 Å². The van der Waals surface area contributed by atoms with E-state index in [0.29, 0.717) is 0 Å². The molecule has 0 spiro atoms. The predicted octanol–water partition coefficient (Wildman–Crippen LogP) is 2.92. The zero-order valence-corrected chi connectivity index (χ0v) is 14.0. The first-order valence-electron chi connectivity index (χ1n) is 7.51. The van der Waals surface area contributed by atoms with E-state index in [1.165, 1.54) is 34.2 Å². The van der Waals surface area contributed by atoms with E-state index in [4.69, 9.17) is 0 Å². The van der Waals surface area contributed by atoms with Gasteiger partial charge in [0.2, 0.25) is 0 Å². The van der Waals surface area contributed by atoms with Crippen LogP contribution in [0.4, 0.5) is 5.69 Å². The molecule has 1 aliphatic heterocycles. The van der Waals surface area contributed by atoms with E-state index in [1.54, 1.807) is 12.1 Å². The fraction of sp³-hybridized carbons (Fsp3) is 0.0526. The molecule has 0 saturated carbocycles. The monoisotopic (exact) mass is 339 g/mol. The standard InChI is InChI=1S/C12H9N.C7H8O3S/c1-2-4-10-9(3-1)5-6-12-11(10)7-8-13-12;1-6-2-4-7(5-3-6)11(8,9)10/h1-8,13H;2-5H,1H3,(H,8,9,10). The van der Waals surface area contributed by atoms with Crippen LogP contribution < -0.4 is 5.32 Å². The summed E-state index contributed by atoms with van der Waals surface area (Å²) in [5.74, 6) is 0. The fourth-order valence-corrected chi connectivity index (χ4v) is 3.07. The summed E-state index contributed by atoms with van der Waals surface area (Å²) >= 11 is 0. The second-order valence-corrected chi connectivity index (χ2v) is 6.96. The normalized spacial score (nSPS) is 12.6. The summed E-state index contributed by atoms with van der Waals surface area (Å²) in [5.41, 5.74) is 3.62. The van der Waals surface area contributed by atoms with Gasteiger partial charge in [0.1, 0.15) is 15.8 Å². The van der Waals surface area contributed by atoms with Gasteiger partial charge in [-0.05, 0) is 35.9 Å². The van der Waals surface area contributed by atoms with Crippen molar-refractivity contribution in [3.05, 3.63) is 78.0 Å². The topological polar surface area (TPSA) is 73.8 Å². The Balaban J connectivity index is 0.000000144. The van der Waals surface area contributed by atoms with Crippen LogP contribution in [0.15, 0.2) is 71.8 Å². The van der Waals surface area contributed by atoms with Crippen LogP contribution in [0.25, 0.3) is 16.8 Å². The first-order valence-corrected chi connectivity index (χ1v) is 8.92. The van der Waals surface area contributed by atoms with Gasteiger partial charge in [0.15, 0.2) is 0 Å². The largest absolute Gasteiger partial charge is 0.744 e. The van der Waals surface area contributed by atoms with Crippen molar-refractivity contribution in [3.8, 4) is 0 Å². The number of nitrogens with two attached hydrogens (primary N) is 1. The van der Waals surface area contributed by atoms with E-state index in [0.717, 1.165) is 5.56 Å². The Labute approximate surface area is 141 Å². The van der Waals surface area contributed by atoms with Crippen LogP contribution in [0.1, 0.15) is 11.1 Å². The van der Waals surface area contributed by atoms with Crippen LogP contribution in [0.2, 0.25) is 0 Å². The van der Waals surface area contributed by atoms with Gasteiger partial charge in [-0.3, -0.25) is 5.32 Å². The van der Waals surface area contributed by atoms with Crippen LogP contribution in [0.5, 0.6) is 0 Å². The lowest BCUT2D eigenvalue weighted by Crippen LogP contribution is -2.69. The number of fused-ring (bicyclic) bond motifs is 3. The smallest absolute Gasteiger partial charge is 0.142 e. The van der Waals surface area contributed by atoms with Crippen LogP contribution in [0.3, 0.4) is 0 Å². The molecule has 0 aliphatic carbocycles. The van der Waals surface area contributed by atoms with E-state index in [2.05, 4.69) is 54.0 Å². The number of benzene rings is 3. The Bertz CT molecular complexity index is 1010. The Kier molecular flexibility index (Phi) is 4.49. The molecule has 3 aromatic carbocycles. The summed E-state index contributed by atoms with van der Waals surface area (Å²) in [5, 5.41) is 4.83. The molecular weight excluding hydrogens is 322 g/mol. The second-order valence-electron chi connectivity index (χ2n) is 5.58. The number of rotatable bonds is 1. The zero-order chi connectivity index (χ0) is 17.2. The number of hydrogen-bond acceptors (Lipinski definition) is 3. The highest BCUT2D eigenvalue weighted by Gasteiger charge is 2.11. The van der Waals surface area contributed by atoms with E-state index < -0.39 is 10.1 Å². The molecular formula is C19H17NO3S. The first kappa shape index (κ1) is 16.4. The van der Waals surface area contributed by atoms with Crippen molar-refractivity contribution in [3.63, 3.8) is 0 Å². The molecule has 0 unspecified atom stereocenters. The molecule has 0 amide bonds. The molecule has 1 aliphatic rings.